The Hall–Kier alpha value is -3.91. The molecule has 0 saturated heterocycles. The number of para-hydroxylation sites is 1. The van der Waals surface area contributed by atoms with Crippen molar-refractivity contribution in [3.63, 3.8) is 0 Å². The van der Waals surface area contributed by atoms with E-state index in [1.165, 1.54) is 10.9 Å². The van der Waals surface area contributed by atoms with Crippen molar-refractivity contribution in [2.24, 2.45) is 0 Å². The van der Waals surface area contributed by atoms with Crippen LogP contribution < -0.4 is 15.4 Å². The van der Waals surface area contributed by atoms with E-state index in [0.29, 0.717) is 19.6 Å². The van der Waals surface area contributed by atoms with Gasteiger partial charge in [-0.3, -0.25) is 10.1 Å². The molecule has 0 aliphatic carbocycles. The van der Waals surface area contributed by atoms with Gasteiger partial charge in [-0.15, -0.1) is 10.2 Å². The number of rotatable bonds is 9. The number of ether oxygens (including phenoxy) is 1. The predicted molar refractivity (Wildman–Crippen MR) is 131 cm³/mol. The van der Waals surface area contributed by atoms with E-state index < -0.39 is 0 Å². The van der Waals surface area contributed by atoms with Gasteiger partial charge in [-0.05, 0) is 35.7 Å². The number of carbonyl (C=O) groups excluding carboxylic acids is 1. The van der Waals surface area contributed by atoms with Crippen LogP contribution in [-0.2, 0) is 30.7 Å². The molecular formula is C26H28N6O2. The van der Waals surface area contributed by atoms with E-state index in [-0.39, 0.29) is 11.9 Å². The van der Waals surface area contributed by atoms with Gasteiger partial charge in [0.1, 0.15) is 17.6 Å². The fourth-order valence-corrected chi connectivity index (χ4v) is 4.29. The molecule has 0 spiro atoms. The van der Waals surface area contributed by atoms with Crippen LogP contribution in [0, 0.1) is 0 Å². The van der Waals surface area contributed by atoms with E-state index in [9.17, 15) is 4.79 Å². The summed E-state index contributed by atoms with van der Waals surface area (Å²) < 4.78 is 7.39. The number of benzene rings is 2. The van der Waals surface area contributed by atoms with Crippen LogP contribution in [-0.4, -0.2) is 45.4 Å². The molecule has 1 aliphatic rings. The fraction of sp³-hybridized carbons (Fsp3) is 0.269. The highest BCUT2D eigenvalue weighted by Gasteiger charge is 2.19. The van der Waals surface area contributed by atoms with Crippen LogP contribution >= 0.6 is 0 Å². The Labute approximate surface area is 198 Å². The van der Waals surface area contributed by atoms with E-state index in [1.807, 2.05) is 42.5 Å². The molecule has 1 aliphatic heterocycles. The second-order valence-electron chi connectivity index (χ2n) is 8.36. The number of nitrogens with zero attached hydrogens (tertiary/aromatic N) is 3. The first kappa shape index (κ1) is 21.9. The van der Waals surface area contributed by atoms with Crippen LogP contribution in [0.15, 0.2) is 66.9 Å². The van der Waals surface area contributed by atoms with Crippen molar-refractivity contribution < 1.29 is 9.53 Å². The van der Waals surface area contributed by atoms with E-state index in [0.717, 1.165) is 41.3 Å². The highest BCUT2D eigenvalue weighted by Crippen LogP contribution is 2.20. The summed E-state index contributed by atoms with van der Waals surface area (Å²) in [5.41, 5.74) is 3.50. The minimum atomic E-state index is -0.292. The monoisotopic (exact) mass is 456 g/mol. The molecule has 0 bridgehead atoms. The lowest BCUT2D eigenvalue weighted by atomic mass is 10.1. The quantitative estimate of drug-likeness (QED) is 0.337. The van der Waals surface area contributed by atoms with E-state index in [4.69, 9.17) is 4.74 Å². The molecule has 2 aromatic carbocycles. The number of amides is 1. The number of carbonyl (C=O) groups is 1. The SMILES string of the molecule is COc1ccc(Cn2c(CCc3c[nH]c4ccccc34)nnc2CNC(=O)C2C=CCN2)cc1. The lowest BCUT2D eigenvalue weighted by Crippen LogP contribution is -2.40. The van der Waals surface area contributed by atoms with Crippen LogP contribution in [0.3, 0.4) is 0 Å². The number of methoxy groups -OCH3 is 1. The average molecular weight is 457 g/mol. The van der Waals surface area contributed by atoms with Crippen LogP contribution in [0.1, 0.15) is 22.8 Å². The maximum absolute atomic E-state index is 12.5. The standard InChI is InChI=1S/C26H28N6O2/c1-34-20-11-8-18(9-12-20)17-32-24(13-10-19-15-28-22-6-3-2-5-21(19)22)30-31-25(32)16-29-26(33)23-7-4-14-27-23/h2-9,11-12,15,23,27-28H,10,13-14,16-17H2,1H3,(H,29,33). The van der Waals surface area contributed by atoms with Crippen molar-refractivity contribution in [2.75, 3.05) is 13.7 Å². The van der Waals surface area contributed by atoms with Gasteiger partial charge in [0.05, 0.1) is 20.2 Å². The third-order valence-corrected chi connectivity index (χ3v) is 6.18. The number of aromatic amines is 1. The van der Waals surface area contributed by atoms with Gasteiger partial charge >= 0.3 is 0 Å². The van der Waals surface area contributed by atoms with Crippen molar-refractivity contribution in [3.8, 4) is 5.75 Å². The largest absolute Gasteiger partial charge is 0.497 e. The molecule has 5 rings (SSSR count). The molecule has 3 heterocycles. The fourth-order valence-electron chi connectivity index (χ4n) is 4.29. The second-order valence-corrected chi connectivity index (χ2v) is 8.36. The van der Waals surface area contributed by atoms with E-state index in [1.54, 1.807) is 7.11 Å². The minimum absolute atomic E-state index is 0.0620. The molecule has 1 atom stereocenters. The van der Waals surface area contributed by atoms with Gasteiger partial charge in [0.15, 0.2) is 5.82 Å². The van der Waals surface area contributed by atoms with Crippen molar-refractivity contribution in [1.29, 1.82) is 0 Å². The molecule has 2 aromatic heterocycles. The number of hydrogen-bond acceptors (Lipinski definition) is 5. The van der Waals surface area contributed by atoms with Crippen LogP contribution in [0.2, 0.25) is 0 Å². The van der Waals surface area contributed by atoms with Crippen LogP contribution in [0.4, 0.5) is 0 Å². The summed E-state index contributed by atoms with van der Waals surface area (Å²) in [6.07, 6.45) is 7.49. The maximum Gasteiger partial charge on any atom is 0.241 e. The molecule has 1 amide bonds. The molecular weight excluding hydrogens is 428 g/mol. The molecule has 1 unspecified atom stereocenters. The Balaban J connectivity index is 1.35. The van der Waals surface area contributed by atoms with Crippen molar-refractivity contribution >= 4 is 16.8 Å². The molecule has 0 fully saturated rings. The molecule has 4 aromatic rings. The molecule has 8 heteroatoms. The molecule has 8 nitrogen and oxygen atoms in total. The van der Waals surface area contributed by atoms with E-state index in [2.05, 4.69) is 54.8 Å². The summed E-state index contributed by atoms with van der Waals surface area (Å²) in [5.74, 6) is 2.38. The normalized spacial score (nSPS) is 15.1. The van der Waals surface area contributed by atoms with Crippen molar-refractivity contribution in [1.82, 2.24) is 30.4 Å². The van der Waals surface area contributed by atoms with Gasteiger partial charge in [-0.25, -0.2) is 0 Å². The molecule has 174 valence electrons. The Bertz CT molecular complexity index is 1300. The minimum Gasteiger partial charge on any atom is -0.497 e. The Morgan fingerprint density at radius 1 is 1.12 bits per heavy atom. The van der Waals surface area contributed by atoms with E-state index >= 15 is 0 Å². The molecule has 3 N–H and O–H groups in total. The zero-order chi connectivity index (χ0) is 23.3. The molecule has 34 heavy (non-hydrogen) atoms. The van der Waals surface area contributed by atoms with Crippen molar-refractivity contribution in [3.05, 3.63) is 89.7 Å². The highest BCUT2D eigenvalue weighted by molar-refractivity contribution is 5.84. The number of aryl methyl sites for hydroxylation is 2. The smallest absolute Gasteiger partial charge is 0.241 e. The Morgan fingerprint density at radius 2 is 1.94 bits per heavy atom. The number of hydrogen-bond donors (Lipinski definition) is 3. The third-order valence-electron chi connectivity index (χ3n) is 6.18. The number of fused-ring (bicyclic) bond motifs is 1. The Kier molecular flexibility index (Phi) is 6.40. The summed E-state index contributed by atoms with van der Waals surface area (Å²) in [4.78, 5) is 15.8. The number of nitrogens with one attached hydrogen (secondary N) is 3. The zero-order valence-corrected chi connectivity index (χ0v) is 19.1. The lowest BCUT2D eigenvalue weighted by Gasteiger charge is -2.13. The van der Waals surface area contributed by atoms with Gasteiger partial charge in [0.2, 0.25) is 5.91 Å². The first-order chi connectivity index (χ1) is 16.7. The Morgan fingerprint density at radius 3 is 2.74 bits per heavy atom. The predicted octanol–water partition coefficient (Wildman–Crippen LogP) is 2.75. The first-order valence-electron chi connectivity index (χ1n) is 11.5. The number of aromatic nitrogens is 4. The van der Waals surface area contributed by atoms with Crippen LogP contribution in [0.25, 0.3) is 10.9 Å². The van der Waals surface area contributed by atoms with Crippen molar-refractivity contribution in [2.45, 2.75) is 32.0 Å². The summed E-state index contributed by atoms with van der Waals surface area (Å²) in [6, 6.07) is 16.0. The van der Waals surface area contributed by atoms with Gasteiger partial charge in [0.25, 0.3) is 0 Å². The lowest BCUT2D eigenvalue weighted by molar-refractivity contribution is -0.122. The maximum atomic E-state index is 12.5. The van der Waals surface area contributed by atoms with Gasteiger partial charge < -0.3 is 19.6 Å². The average Bonchev–Trinajstić information content (AvgIpc) is 3.63. The summed E-state index contributed by atoms with van der Waals surface area (Å²) in [6.45, 7) is 1.65. The molecule has 0 radical (unpaired) electrons. The second kappa shape index (κ2) is 9.93. The third kappa shape index (κ3) is 4.72. The zero-order valence-electron chi connectivity index (χ0n) is 19.1. The number of H-pyrrole nitrogens is 1. The van der Waals surface area contributed by atoms with Gasteiger partial charge in [-0.1, -0.05) is 42.5 Å². The summed E-state index contributed by atoms with van der Waals surface area (Å²) >= 11 is 0. The van der Waals surface area contributed by atoms with Crippen LogP contribution in [0.5, 0.6) is 5.75 Å². The van der Waals surface area contributed by atoms with Gasteiger partial charge in [-0.2, -0.15) is 0 Å². The summed E-state index contributed by atoms with van der Waals surface area (Å²) in [5, 5.41) is 16.3. The molecule has 0 saturated carbocycles. The summed E-state index contributed by atoms with van der Waals surface area (Å²) in [7, 11) is 1.66. The van der Waals surface area contributed by atoms with Gasteiger partial charge in [0, 0.05) is 30.1 Å². The highest BCUT2D eigenvalue weighted by atomic mass is 16.5. The topological polar surface area (TPSA) is 96.9 Å². The first-order valence-corrected chi connectivity index (χ1v) is 11.5.